The van der Waals surface area contributed by atoms with Crippen LogP contribution in [0.5, 0.6) is 0 Å². The second-order valence-corrected chi connectivity index (χ2v) is 3.20. The summed E-state index contributed by atoms with van der Waals surface area (Å²) in [6.45, 7) is 13.5. The van der Waals surface area contributed by atoms with E-state index in [1.807, 2.05) is 18.2 Å². The molecule has 0 unspecified atom stereocenters. The van der Waals surface area contributed by atoms with Gasteiger partial charge in [0.15, 0.2) is 0 Å². The van der Waals surface area contributed by atoms with Gasteiger partial charge in [0.1, 0.15) is 0 Å². The fraction of sp³-hybridized carbons (Fsp3) is 0.357. The average Bonchev–Trinajstić information content (AvgIpc) is 2.21. The molecule has 0 atom stereocenters. The molecule has 0 fully saturated rings. The van der Waals surface area contributed by atoms with Gasteiger partial charge in [-0.2, -0.15) is 0 Å². The minimum absolute atomic E-state index is 0.934. The number of allylic oxidation sites excluding steroid dienone is 5. The molecule has 0 aromatic carbocycles. The molecule has 0 amide bonds. The van der Waals surface area contributed by atoms with Gasteiger partial charge in [-0.25, -0.2) is 0 Å². The Morgan fingerprint density at radius 2 is 1.64 bits per heavy atom. The monoisotopic (exact) mass is 189 g/mol. The largest absolute Gasteiger partial charge is 0.103 e. The van der Waals surface area contributed by atoms with Crippen molar-refractivity contribution in [3.05, 3.63) is 55.5 Å². The van der Waals surface area contributed by atoms with Crippen LogP contribution in [0.4, 0.5) is 0 Å². The maximum atomic E-state index is 3.78. The topological polar surface area (TPSA) is 0 Å². The molecule has 0 spiro atoms. The van der Waals surface area contributed by atoms with Crippen LogP contribution in [0.15, 0.2) is 49.6 Å². The second kappa shape index (κ2) is 8.55. The van der Waals surface area contributed by atoms with Gasteiger partial charge in [-0.1, -0.05) is 36.8 Å². The molecule has 0 aliphatic carbocycles. The van der Waals surface area contributed by atoms with Crippen LogP contribution in [0.2, 0.25) is 0 Å². The number of hydrogen-bond donors (Lipinski definition) is 0. The van der Waals surface area contributed by atoms with E-state index in [-0.39, 0.29) is 0 Å². The van der Waals surface area contributed by atoms with Gasteiger partial charge in [-0.15, -0.1) is 19.7 Å². The Kier molecular flexibility index (Phi) is 7.92. The third kappa shape index (κ3) is 4.86. The van der Waals surface area contributed by atoms with Crippen molar-refractivity contribution < 1.29 is 0 Å². The van der Waals surface area contributed by atoms with E-state index in [4.69, 9.17) is 0 Å². The molecule has 0 saturated carbocycles. The van der Waals surface area contributed by atoms with Crippen LogP contribution in [0, 0.1) is 5.92 Å². The second-order valence-electron chi connectivity index (χ2n) is 3.20. The molecule has 0 N–H and O–H groups in total. The summed E-state index contributed by atoms with van der Waals surface area (Å²) in [7, 11) is 0. The number of hydrogen-bond acceptors (Lipinski definition) is 0. The van der Waals surface area contributed by atoms with E-state index < -0.39 is 0 Å². The maximum Gasteiger partial charge on any atom is 0.00433 e. The molecule has 14 heavy (non-hydrogen) atoms. The first-order valence-corrected chi connectivity index (χ1v) is 5.16. The molecule has 0 saturated heterocycles. The van der Waals surface area contributed by atoms with Crippen molar-refractivity contribution in [2.45, 2.75) is 32.6 Å². The molecule has 0 rings (SSSR count). The molecule has 0 nitrogen and oxygen atoms in total. The molecule has 0 aliphatic heterocycles. The van der Waals surface area contributed by atoms with Gasteiger partial charge < -0.3 is 0 Å². The Bertz CT molecular complexity index is 208. The van der Waals surface area contributed by atoms with E-state index in [1.165, 1.54) is 11.5 Å². The van der Waals surface area contributed by atoms with Crippen molar-refractivity contribution in [1.82, 2.24) is 0 Å². The van der Waals surface area contributed by atoms with Crippen molar-refractivity contribution in [2.24, 2.45) is 0 Å². The van der Waals surface area contributed by atoms with E-state index in [9.17, 15) is 0 Å². The van der Waals surface area contributed by atoms with Gasteiger partial charge in [0, 0.05) is 5.92 Å². The molecule has 0 bridgehead atoms. The molecule has 0 heterocycles. The summed E-state index contributed by atoms with van der Waals surface area (Å²) in [5.41, 5.74) is 1.39. The summed E-state index contributed by atoms with van der Waals surface area (Å²) in [6, 6.07) is 0. The normalized spacial score (nSPS) is 11.4. The summed E-state index contributed by atoms with van der Waals surface area (Å²) >= 11 is 0. The van der Waals surface area contributed by atoms with Crippen LogP contribution >= 0.6 is 0 Å². The van der Waals surface area contributed by atoms with Crippen LogP contribution in [-0.2, 0) is 0 Å². The first-order chi connectivity index (χ1) is 6.79. The van der Waals surface area contributed by atoms with Crippen molar-refractivity contribution >= 4 is 0 Å². The third-order valence-corrected chi connectivity index (χ3v) is 2.17. The lowest BCUT2D eigenvalue weighted by Crippen LogP contribution is -1.98. The smallest absolute Gasteiger partial charge is 0.00433 e. The fourth-order valence-electron chi connectivity index (χ4n) is 1.43. The summed E-state index contributed by atoms with van der Waals surface area (Å²) in [5.74, 6) is 1.46. The van der Waals surface area contributed by atoms with Gasteiger partial charge in [0.25, 0.3) is 0 Å². The van der Waals surface area contributed by atoms with E-state index in [2.05, 4.69) is 32.7 Å². The van der Waals surface area contributed by atoms with Gasteiger partial charge in [-0.3, -0.25) is 0 Å². The molecular weight excluding hydrogens is 168 g/mol. The fourth-order valence-corrected chi connectivity index (χ4v) is 1.43. The highest BCUT2D eigenvalue weighted by atomic mass is 14.1. The standard InChI is InChI=1S/C14H21/c1-5-9-12-14(11-7-3)13(8-4)10-6-2/h5-7,12H,1-3,8-11H2,4H3. The highest BCUT2D eigenvalue weighted by Gasteiger charge is 2.09. The SMILES string of the molecule is C=CCC=C(CC=C)[C](CC)CC=C. The Hall–Kier alpha value is -1.04. The zero-order valence-corrected chi connectivity index (χ0v) is 9.26. The minimum atomic E-state index is 0.934. The Labute approximate surface area is 88.7 Å². The summed E-state index contributed by atoms with van der Waals surface area (Å²) < 4.78 is 0. The average molecular weight is 189 g/mol. The van der Waals surface area contributed by atoms with Gasteiger partial charge in [0.05, 0.1) is 0 Å². The van der Waals surface area contributed by atoms with E-state index in [0.717, 1.165) is 25.7 Å². The summed E-state index contributed by atoms with van der Waals surface area (Å²) in [6.07, 6.45) is 12.0. The van der Waals surface area contributed by atoms with Crippen LogP contribution in [0.1, 0.15) is 32.6 Å². The van der Waals surface area contributed by atoms with Crippen LogP contribution in [0.3, 0.4) is 0 Å². The molecule has 0 heteroatoms. The predicted octanol–water partition coefficient (Wildman–Crippen LogP) is 4.63. The van der Waals surface area contributed by atoms with Crippen molar-refractivity contribution in [3.63, 3.8) is 0 Å². The van der Waals surface area contributed by atoms with Gasteiger partial charge in [0.2, 0.25) is 0 Å². The van der Waals surface area contributed by atoms with E-state index in [1.54, 1.807) is 0 Å². The third-order valence-electron chi connectivity index (χ3n) is 2.17. The predicted molar refractivity (Wildman–Crippen MR) is 66.1 cm³/mol. The summed E-state index contributed by atoms with van der Waals surface area (Å²) in [5, 5.41) is 0. The van der Waals surface area contributed by atoms with E-state index in [0.29, 0.717) is 0 Å². The Balaban J connectivity index is 4.47. The Morgan fingerprint density at radius 1 is 1.00 bits per heavy atom. The quantitative estimate of drug-likeness (QED) is 0.488. The Morgan fingerprint density at radius 3 is 2.07 bits per heavy atom. The molecule has 1 radical (unpaired) electrons. The van der Waals surface area contributed by atoms with Crippen LogP contribution < -0.4 is 0 Å². The zero-order chi connectivity index (χ0) is 10.8. The highest BCUT2D eigenvalue weighted by molar-refractivity contribution is 5.27. The van der Waals surface area contributed by atoms with Crippen molar-refractivity contribution in [2.75, 3.05) is 0 Å². The molecule has 77 valence electrons. The van der Waals surface area contributed by atoms with Crippen LogP contribution in [-0.4, -0.2) is 0 Å². The maximum absolute atomic E-state index is 3.78. The molecule has 0 aromatic rings. The van der Waals surface area contributed by atoms with Gasteiger partial charge >= 0.3 is 0 Å². The lowest BCUT2D eigenvalue weighted by molar-refractivity contribution is 0.854. The lowest BCUT2D eigenvalue weighted by atomic mass is 9.90. The number of rotatable bonds is 8. The van der Waals surface area contributed by atoms with Gasteiger partial charge in [-0.05, 0) is 25.7 Å². The van der Waals surface area contributed by atoms with Crippen molar-refractivity contribution in [3.8, 4) is 0 Å². The zero-order valence-electron chi connectivity index (χ0n) is 9.26. The van der Waals surface area contributed by atoms with Crippen LogP contribution in [0.25, 0.3) is 0 Å². The highest BCUT2D eigenvalue weighted by Crippen LogP contribution is 2.25. The first kappa shape index (κ1) is 13.0. The molecular formula is C14H21. The van der Waals surface area contributed by atoms with E-state index >= 15 is 0 Å². The minimum Gasteiger partial charge on any atom is -0.103 e. The lowest BCUT2D eigenvalue weighted by Gasteiger charge is -2.15. The molecule has 0 aromatic heterocycles. The van der Waals surface area contributed by atoms with Crippen molar-refractivity contribution in [1.29, 1.82) is 0 Å². The first-order valence-electron chi connectivity index (χ1n) is 5.16. The molecule has 0 aliphatic rings. The summed E-state index contributed by atoms with van der Waals surface area (Å²) in [4.78, 5) is 0.